The summed E-state index contributed by atoms with van der Waals surface area (Å²) in [4.78, 5) is 8.31. The van der Waals surface area contributed by atoms with E-state index in [9.17, 15) is 0 Å². The summed E-state index contributed by atoms with van der Waals surface area (Å²) in [5.41, 5.74) is 6.69. The quantitative estimate of drug-likeness (QED) is 0.480. The van der Waals surface area contributed by atoms with Gasteiger partial charge >= 0.3 is 0 Å². The number of nitrogen functional groups attached to an aromatic ring is 1. The number of aromatic nitrogens is 2. The van der Waals surface area contributed by atoms with E-state index >= 15 is 0 Å². The van der Waals surface area contributed by atoms with Crippen molar-refractivity contribution in [1.29, 1.82) is 5.26 Å². The molecule has 2 N–H and O–H groups in total. The van der Waals surface area contributed by atoms with Crippen LogP contribution >= 0.6 is 11.8 Å². The Bertz CT molecular complexity index is 360. The van der Waals surface area contributed by atoms with E-state index < -0.39 is 0 Å². The molecule has 0 saturated heterocycles. The molecule has 1 heterocycles. The van der Waals surface area contributed by atoms with E-state index in [1.807, 2.05) is 6.07 Å². The number of aryl methyl sites for hydroxylation is 1. The summed E-state index contributed by atoms with van der Waals surface area (Å²) >= 11 is 1.58. The lowest BCUT2D eigenvalue weighted by molar-refractivity contribution is 0.884. The molecule has 1 rings (SSSR count). The summed E-state index contributed by atoms with van der Waals surface area (Å²) in [5.74, 6) is 1.27. The fourth-order valence-electron chi connectivity index (χ4n) is 1.08. The van der Waals surface area contributed by atoms with Crippen molar-refractivity contribution in [2.75, 3.05) is 11.5 Å². The highest BCUT2D eigenvalue weighted by Gasteiger charge is 2.08. The highest BCUT2D eigenvalue weighted by Crippen LogP contribution is 2.19. The number of rotatable bonds is 4. The molecule has 80 valence electrons. The van der Waals surface area contributed by atoms with Gasteiger partial charge in [0, 0.05) is 5.75 Å². The van der Waals surface area contributed by atoms with E-state index in [0.717, 1.165) is 18.6 Å². The molecule has 0 aromatic carbocycles. The van der Waals surface area contributed by atoms with Crippen molar-refractivity contribution in [3.8, 4) is 6.07 Å². The molecule has 0 unspecified atom stereocenters. The zero-order valence-corrected chi connectivity index (χ0v) is 9.77. The van der Waals surface area contributed by atoms with E-state index in [-0.39, 0.29) is 5.82 Å². The fourth-order valence-corrected chi connectivity index (χ4v) is 2.06. The minimum Gasteiger partial charge on any atom is -0.382 e. The lowest BCUT2D eigenvalue weighted by Gasteiger charge is -2.04. The van der Waals surface area contributed by atoms with Gasteiger partial charge in [-0.15, -0.1) is 0 Å². The Morgan fingerprint density at radius 3 is 2.73 bits per heavy atom. The first kappa shape index (κ1) is 11.8. The second-order valence-corrected chi connectivity index (χ2v) is 4.23. The summed E-state index contributed by atoms with van der Waals surface area (Å²) in [6.07, 6.45) is 2.28. The van der Waals surface area contributed by atoms with Crippen molar-refractivity contribution in [3.05, 3.63) is 11.3 Å². The van der Waals surface area contributed by atoms with Gasteiger partial charge in [0.25, 0.3) is 0 Å². The fraction of sp³-hybridized carbons (Fsp3) is 0.500. The van der Waals surface area contributed by atoms with Gasteiger partial charge in [-0.05, 0) is 13.3 Å². The average Bonchev–Trinajstić information content (AvgIpc) is 2.18. The SMILES string of the molecule is CCCCSc1nc(C)c(C#N)c(N)n1. The molecule has 15 heavy (non-hydrogen) atoms. The van der Waals surface area contributed by atoms with Crippen LogP contribution in [0.5, 0.6) is 0 Å². The summed E-state index contributed by atoms with van der Waals surface area (Å²) in [7, 11) is 0. The predicted octanol–water partition coefficient (Wildman–Crippen LogP) is 2.13. The van der Waals surface area contributed by atoms with Gasteiger partial charge in [0.2, 0.25) is 0 Å². The monoisotopic (exact) mass is 222 g/mol. The van der Waals surface area contributed by atoms with Crippen LogP contribution in [0.1, 0.15) is 31.0 Å². The molecule has 0 radical (unpaired) electrons. The summed E-state index contributed by atoms with van der Waals surface area (Å²) in [5, 5.41) is 9.45. The van der Waals surface area contributed by atoms with Crippen LogP contribution in [0.15, 0.2) is 5.16 Å². The average molecular weight is 222 g/mol. The van der Waals surface area contributed by atoms with Gasteiger partial charge in [-0.1, -0.05) is 25.1 Å². The first-order valence-electron chi connectivity index (χ1n) is 4.86. The van der Waals surface area contributed by atoms with Gasteiger partial charge in [-0.25, -0.2) is 9.97 Å². The highest BCUT2D eigenvalue weighted by molar-refractivity contribution is 7.99. The van der Waals surface area contributed by atoms with Crippen LogP contribution in [-0.4, -0.2) is 15.7 Å². The van der Waals surface area contributed by atoms with Crippen LogP contribution in [0.25, 0.3) is 0 Å². The van der Waals surface area contributed by atoms with Crippen LogP contribution in [0.2, 0.25) is 0 Å². The molecule has 0 atom stereocenters. The van der Waals surface area contributed by atoms with Crippen LogP contribution < -0.4 is 5.73 Å². The van der Waals surface area contributed by atoms with E-state index in [2.05, 4.69) is 16.9 Å². The van der Waals surface area contributed by atoms with Crippen LogP contribution in [0.4, 0.5) is 5.82 Å². The molecule has 0 aliphatic carbocycles. The minimum atomic E-state index is 0.281. The molecule has 4 nitrogen and oxygen atoms in total. The van der Waals surface area contributed by atoms with Crippen LogP contribution in [-0.2, 0) is 0 Å². The van der Waals surface area contributed by atoms with Gasteiger partial charge in [0.05, 0.1) is 5.69 Å². The van der Waals surface area contributed by atoms with Crippen molar-refractivity contribution in [2.24, 2.45) is 0 Å². The van der Waals surface area contributed by atoms with Gasteiger partial charge in [0.1, 0.15) is 17.5 Å². The van der Waals surface area contributed by atoms with E-state index in [0.29, 0.717) is 16.4 Å². The maximum absolute atomic E-state index is 8.79. The largest absolute Gasteiger partial charge is 0.382 e. The van der Waals surface area contributed by atoms with Crippen LogP contribution in [0, 0.1) is 18.3 Å². The molecule has 0 aliphatic heterocycles. The van der Waals surface area contributed by atoms with Crippen LogP contribution in [0.3, 0.4) is 0 Å². The molecular weight excluding hydrogens is 208 g/mol. The summed E-state index contributed by atoms with van der Waals surface area (Å²) in [6, 6.07) is 2.00. The van der Waals surface area contributed by atoms with Crippen molar-refractivity contribution >= 4 is 17.6 Å². The molecule has 0 bridgehead atoms. The van der Waals surface area contributed by atoms with Gasteiger partial charge in [-0.3, -0.25) is 0 Å². The summed E-state index contributed by atoms with van der Waals surface area (Å²) in [6.45, 7) is 3.92. The minimum absolute atomic E-state index is 0.281. The lowest BCUT2D eigenvalue weighted by Crippen LogP contribution is -2.02. The first-order valence-corrected chi connectivity index (χ1v) is 5.84. The third kappa shape index (κ3) is 3.10. The molecule has 0 amide bonds. The third-order valence-electron chi connectivity index (χ3n) is 1.94. The van der Waals surface area contributed by atoms with Gasteiger partial charge in [0.15, 0.2) is 5.16 Å². The summed E-state index contributed by atoms with van der Waals surface area (Å²) < 4.78 is 0. The van der Waals surface area contributed by atoms with E-state index in [1.54, 1.807) is 18.7 Å². The van der Waals surface area contributed by atoms with E-state index in [4.69, 9.17) is 11.0 Å². The maximum atomic E-state index is 8.79. The Labute approximate surface area is 93.9 Å². The second-order valence-electron chi connectivity index (χ2n) is 3.17. The lowest BCUT2D eigenvalue weighted by atomic mass is 10.2. The van der Waals surface area contributed by atoms with Gasteiger partial charge in [-0.2, -0.15) is 5.26 Å². The zero-order valence-electron chi connectivity index (χ0n) is 8.95. The zero-order chi connectivity index (χ0) is 11.3. The molecular formula is C10H14N4S. The van der Waals surface area contributed by atoms with E-state index in [1.165, 1.54) is 0 Å². The standard InChI is InChI=1S/C10H14N4S/c1-3-4-5-15-10-13-7(2)8(6-11)9(12)14-10/h3-5H2,1-2H3,(H2,12,13,14). The third-order valence-corrected chi connectivity index (χ3v) is 2.87. The maximum Gasteiger partial charge on any atom is 0.189 e. The van der Waals surface area contributed by atoms with Crippen molar-refractivity contribution in [2.45, 2.75) is 31.8 Å². The Morgan fingerprint density at radius 2 is 2.20 bits per heavy atom. The number of nitriles is 1. The number of thioether (sulfide) groups is 1. The Hall–Kier alpha value is -1.28. The molecule has 1 aromatic heterocycles. The highest BCUT2D eigenvalue weighted by atomic mass is 32.2. The molecule has 0 aliphatic rings. The molecule has 0 spiro atoms. The Balaban J connectivity index is 2.81. The number of hydrogen-bond donors (Lipinski definition) is 1. The molecule has 1 aromatic rings. The molecule has 0 saturated carbocycles. The predicted molar refractivity (Wildman–Crippen MR) is 61.5 cm³/mol. The Kier molecular flexibility index (Phi) is 4.37. The first-order chi connectivity index (χ1) is 7.19. The van der Waals surface area contributed by atoms with Gasteiger partial charge < -0.3 is 5.73 Å². The number of hydrogen-bond acceptors (Lipinski definition) is 5. The van der Waals surface area contributed by atoms with Crippen molar-refractivity contribution < 1.29 is 0 Å². The normalized spacial score (nSPS) is 9.93. The van der Waals surface area contributed by atoms with Crippen molar-refractivity contribution in [3.63, 3.8) is 0 Å². The molecule has 0 fully saturated rings. The molecule has 5 heteroatoms. The topological polar surface area (TPSA) is 75.6 Å². The number of unbranched alkanes of at least 4 members (excludes halogenated alkanes) is 1. The van der Waals surface area contributed by atoms with Crippen molar-refractivity contribution in [1.82, 2.24) is 9.97 Å². The number of anilines is 1. The smallest absolute Gasteiger partial charge is 0.189 e. The second kappa shape index (κ2) is 5.56. The Morgan fingerprint density at radius 1 is 1.47 bits per heavy atom. The number of nitrogens with zero attached hydrogens (tertiary/aromatic N) is 3. The number of nitrogens with two attached hydrogens (primary N) is 1.